The number of benzene rings is 1. The molecule has 1 aromatic rings. The van der Waals surface area contributed by atoms with E-state index in [1.54, 1.807) is 4.90 Å². The highest BCUT2D eigenvalue weighted by Crippen LogP contribution is 2.35. The summed E-state index contributed by atoms with van der Waals surface area (Å²) in [5, 5.41) is 10.2. The zero-order valence-electron chi connectivity index (χ0n) is 14.9. The number of aromatic hydroxyl groups is 1. The van der Waals surface area contributed by atoms with E-state index in [9.17, 15) is 23.1 Å². The summed E-state index contributed by atoms with van der Waals surface area (Å²) in [5.41, 5.74) is 1.01. The zero-order chi connectivity index (χ0) is 19.1. The SMILES string of the molecule is CC(C)CCCN1CCc2cc(O)c(N3CC(=O)NS3(=O)=O)cc2C1=O. The van der Waals surface area contributed by atoms with Crippen LogP contribution in [0.25, 0.3) is 0 Å². The van der Waals surface area contributed by atoms with E-state index in [4.69, 9.17) is 0 Å². The van der Waals surface area contributed by atoms with Crippen molar-refractivity contribution in [2.24, 2.45) is 5.92 Å². The van der Waals surface area contributed by atoms with Gasteiger partial charge in [0.15, 0.2) is 0 Å². The highest BCUT2D eigenvalue weighted by Gasteiger charge is 2.37. The van der Waals surface area contributed by atoms with Crippen molar-refractivity contribution in [3.8, 4) is 5.75 Å². The number of amides is 2. The quantitative estimate of drug-likeness (QED) is 0.791. The molecule has 2 N–H and O–H groups in total. The molecule has 2 heterocycles. The van der Waals surface area contributed by atoms with Crippen LogP contribution < -0.4 is 9.03 Å². The third-order valence-corrected chi connectivity index (χ3v) is 6.06. The number of phenolic OH excluding ortho intramolecular Hbond substituents is 1. The molecule has 1 fully saturated rings. The van der Waals surface area contributed by atoms with Crippen LogP contribution in [0.2, 0.25) is 0 Å². The third kappa shape index (κ3) is 3.48. The Morgan fingerprint density at radius 1 is 1.27 bits per heavy atom. The summed E-state index contributed by atoms with van der Waals surface area (Å²) in [4.78, 5) is 26.0. The molecule has 0 bridgehead atoms. The molecule has 0 aliphatic carbocycles. The second-order valence-corrected chi connectivity index (χ2v) is 8.71. The van der Waals surface area contributed by atoms with E-state index in [0.29, 0.717) is 36.6 Å². The fraction of sp³-hybridized carbons (Fsp3) is 0.529. The van der Waals surface area contributed by atoms with Gasteiger partial charge in [0.05, 0.1) is 5.69 Å². The maximum absolute atomic E-state index is 12.8. The van der Waals surface area contributed by atoms with Gasteiger partial charge in [0.25, 0.3) is 11.8 Å². The minimum atomic E-state index is -4.04. The van der Waals surface area contributed by atoms with Crippen LogP contribution in [0.4, 0.5) is 5.69 Å². The number of carbonyl (C=O) groups is 2. The Bertz CT molecular complexity index is 850. The molecule has 0 spiro atoms. The highest BCUT2D eigenvalue weighted by molar-refractivity contribution is 7.92. The van der Waals surface area contributed by atoms with Crippen molar-refractivity contribution < 1.29 is 23.1 Å². The topological polar surface area (TPSA) is 107 Å². The molecule has 0 atom stereocenters. The van der Waals surface area contributed by atoms with Crippen molar-refractivity contribution >= 4 is 27.7 Å². The van der Waals surface area contributed by atoms with Gasteiger partial charge in [-0.1, -0.05) is 13.8 Å². The second-order valence-electron chi connectivity index (χ2n) is 7.11. The summed E-state index contributed by atoms with van der Waals surface area (Å²) in [6.45, 7) is 5.07. The van der Waals surface area contributed by atoms with Crippen LogP contribution in [0.15, 0.2) is 12.1 Å². The molecule has 2 aliphatic heterocycles. The molecule has 9 heteroatoms. The number of phenols is 1. The van der Waals surface area contributed by atoms with Crippen LogP contribution in [0.3, 0.4) is 0 Å². The molecule has 142 valence electrons. The largest absolute Gasteiger partial charge is 0.506 e. The number of carbonyl (C=O) groups excluding carboxylic acids is 2. The molecular weight excluding hydrogens is 358 g/mol. The first-order valence-corrected chi connectivity index (χ1v) is 10.1. The van der Waals surface area contributed by atoms with Gasteiger partial charge in [-0.15, -0.1) is 0 Å². The molecule has 0 aromatic heterocycles. The van der Waals surface area contributed by atoms with Crippen molar-refractivity contribution in [1.82, 2.24) is 9.62 Å². The van der Waals surface area contributed by atoms with Crippen molar-refractivity contribution in [1.29, 1.82) is 0 Å². The molecule has 0 saturated carbocycles. The Hall–Kier alpha value is -2.29. The standard InChI is InChI=1S/C17H23N3O5S/c1-11(2)4-3-6-19-7-5-12-8-15(21)14(9-13(12)17(19)23)20-10-16(22)18-26(20,24)25/h8-9,11,21H,3-7,10H2,1-2H3,(H,18,22). The van der Waals surface area contributed by atoms with Gasteiger partial charge in [-0.2, -0.15) is 8.42 Å². The Kier molecular flexibility index (Phi) is 4.83. The van der Waals surface area contributed by atoms with Gasteiger partial charge in [-0.25, -0.2) is 9.03 Å². The van der Waals surface area contributed by atoms with Gasteiger partial charge in [0.2, 0.25) is 0 Å². The third-order valence-electron chi connectivity index (χ3n) is 4.67. The van der Waals surface area contributed by atoms with Crippen molar-refractivity contribution in [3.05, 3.63) is 23.3 Å². The van der Waals surface area contributed by atoms with E-state index >= 15 is 0 Å². The molecule has 8 nitrogen and oxygen atoms in total. The van der Waals surface area contributed by atoms with Crippen LogP contribution >= 0.6 is 0 Å². The first-order chi connectivity index (χ1) is 12.2. The second kappa shape index (κ2) is 6.79. The lowest BCUT2D eigenvalue weighted by atomic mass is 9.97. The number of hydrogen-bond donors (Lipinski definition) is 2. The Morgan fingerprint density at radius 2 is 2.00 bits per heavy atom. The normalized spacial score (nSPS) is 19.0. The summed E-state index contributed by atoms with van der Waals surface area (Å²) in [7, 11) is -4.04. The molecule has 0 radical (unpaired) electrons. The Balaban J connectivity index is 1.88. The minimum absolute atomic E-state index is 0.0560. The van der Waals surface area contributed by atoms with Gasteiger partial charge in [0, 0.05) is 18.7 Å². The average molecular weight is 381 g/mol. The molecule has 3 rings (SSSR count). The van der Waals surface area contributed by atoms with E-state index in [1.807, 2.05) is 4.72 Å². The number of nitrogens with zero attached hydrogens (tertiary/aromatic N) is 2. The van der Waals surface area contributed by atoms with Crippen LogP contribution in [0.5, 0.6) is 5.75 Å². The summed E-state index contributed by atoms with van der Waals surface area (Å²) in [6, 6.07) is 2.80. The molecular formula is C17H23N3O5S. The van der Waals surface area contributed by atoms with Crippen LogP contribution in [0, 0.1) is 5.92 Å². The monoisotopic (exact) mass is 381 g/mol. The lowest BCUT2D eigenvalue weighted by molar-refractivity contribution is -0.117. The van der Waals surface area contributed by atoms with E-state index in [2.05, 4.69) is 13.8 Å². The first-order valence-electron chi connectivity index (χ1n) is 8.67. The van der Waals surface area contributed by atoms with E-state index < -0.39 is 22.7 Å². The number of rotatable bonds is 5. The number of hydrogen-bond acceptors (Lipinski definition) is 5. The van der Waals surface area contributed by atoms with Crippen LogP contribution in [-0.4, -0.2) is 49.9 Å². The Labute approximate surface area is 153 Å². The van der Waals surface area contributed by atoms with Crippen molar-refractivity contribution in [2.45, 2.75) is 33.1 Å². The lowest BCUT2D eigenvalue weighted by Gasteiger charge is -2.30. The summed E-state index contributed by atoms with van der Waals surface area (Å²) >= 11 is 0. The highest BCUT2D eigenvalue weighted by atomic mass is 32.2. The van der Waals surface area contributed by atoms with Crippen molar-refractivity contribution in [3.63, 3.8) is 0 Å². The maximum Gasteiger partial charge on any atom is 0.326 e. The molecule has 26 heavy (non-hydrogen) atoms. The van der Waals surface area contributed by atoms with Gasteiger partial charge in [-0.05, 0) is 42.9 Å². The molecule has 1 aromatic carbocycles. The number of anilines is 1. The fourth-order valence-electron chi connectivity index (χ4n) is 3.32. The van der Waals surface area contributed by atoms with Gasteiger partial charge in [0.1, 0.15) is 12.3 Å². The van der Waals surface area contributed by atoms with E-state index in [1.165, 1.54) is 12.1 Å². The summed E-state index contributed by atoms with van der Waals surface area (Å²) in [5.74, 6) is -0.545. The van der Waals surface area contributed by atoms with Gasteiger partial charge in [-0.3, -0.25) is 9.59 Å². The smallest absolute Gasteiger partial charge is 0.326 e. The molecule has 2 aliphatic rings. The van der Waals surface area contributed by atoms with Gasteiger partial charge < -0.3 is 10.0 Å². The van der Waals surface area contributed by atoms with Gasteiger partial charge >= 0.3 is 10.2 Å². The number of nitrogens with one attached hydrogen (secondary N) is 1. The van der Waals surface area contributed by atoms with E-state index in [0.717, 1.165) is 17.1 Å². The van der Waals surface area contributed by atoms with Crippen LogP contribution in [0.1, 0.15) is 42.6 Å². The first kappa shape index (κ1) is 18.5. The maximum atomic E-state index is 12.8. The molecule has 2 amide bonds. The summed E-state index contributed by atoms with van der Waals surface area (Å²) in [6.07, 6.45) is 2.53. The van der Waals surface area contributed by atoms with Crippen LogP contribution in [-0.2, 0) is 21.4 Å². The molecule has 1 saturated heterocycles. The zero-order valence-corrected chi connectivity index (χ0v) is 15.7. The number of fused-ring (bicyclic) bond motifs is 1. The van der Waals surface area contributed by atoms with E-state index in [-0.39, 0.29) is 17.3 Å². The summed E-state index contributed by atoms with van der Waals surface area (Å²) < 4.78 is 26.7. The predicted molar refractivity (Wildman–Crippen MR) is 96.2 cm³/mol. The average Bonchev–Trinajstić information content (AvgIpc) is 2.81. The predicted octanol–water partition coefficient (Wildman–Crippen LogP) is 1.01. The minimum Gasteiger partial charge on any atom is -0.506 e. The fourth-order valence-corrected chi connectivity index (χ4v) is 4.47. The Morgan fingerprint density at radius 3 is 2.62 bits per heavy atom. The van der Waals surface area contributed by atoms with Crippen molar-refractivity contribution in [2.75, 3.05) is 23.9 Å². The lowest BCUT2D eigenvalue weighted by Crippen LogP contribution is -2.38. The molecule has 0 unspecified atom stereocenters.